The van der Waals surface area contributed by atoms with E-state index in [4.69, 9.17) is 0 Å². The summed E-state index contributed by atoms with van der Waals surface area (Å²) < 4.78 is 0. The highest BCUT2D eigenvalue weighted by Gasteiger charge is 2.23. The Hall–Kier alpha value is -0.300. The Bertz CT molecular complexity index is 145. The summed E-state index contributed by atoms with van der Waals surface area (Å²) in [6, 6.07) is 0.685. The van der Waals surface area contributed by atoms with Crippen molar-refractivity contribution in [3.63, 3.8) is 0 Å². The van der Waals surface area contributed by atoms with Crippen LogP contribution in [0.4, 0.5) is 0 Å². The van der Waals surface area contributed by atoms with Gasteiger partial charge < -0.3 is 5.32 Å². The molecule has 70 valence electrons. The largest absolute Gasteiger partial charge is 0.316 e. The van der Waals surface area contributed by atoms with E-state index in [-0.39, 0.29) is 0 Å². The van der Waals surface area contributed by atoms with Crippen molar-refractivity contribution in [2.24, 2.45) is 5.92 Å². The molecule has 0 amide bonds. The topological polar surface area (TPSA) is 12.0 Å². The minimum Gasteiger partial charge on any atom is -0.316 e. The predicted octanol–water partition coefficient (Wildman–Crippen LogP) is 2.73. The average Bonchev–Trinajstić information content (AvgIpc) is 2.51. The third-order valence-electron chi connectivity index (χ3n) is 2.91. The van der Waals surface area contributed by atoms with E-state index < -0.39 is 0 Å². The highest BCUT2D eigenvalue weighted by atomic mass is 14.9. The van der Waals surface area contributed by atoms with Gasteiger partial charge in [-0.3, -0.25) is 0 Å². The molecule has 12 heavy (non-hydrogen) atoms. The van der Waals surface area contributed by atoms with Crippen molar-refractivity contribution >= 4 is 0 Å². The molecular weight excluding hydrogens is 146 g/mol. The lowest BCUT2D eigenvalue weighted by atomic mass is 9.93. The molecule has 0 aromatic heterocycles. The van der Waals surface area contributed by atoms with Crippen molar-refractivity contribution in [1.82, 2.24) is 5.32 Å². The molecule has 1 rings (SSSR count). The van der Waals surface area contributed by atoms with Crippen LogP contribution in [0.1, 0.15) is 39.0 Å². The molecule has 1 aliphatic carbocycles. The molecule has 0 spiro atoms. The van der Waals surface area contributed by atoms with Gasteiger partial charge in [-0.05, 0) is 39.2 Å². The first-order chi connectivity index (χ1) is 5.74. The first-order valence-electron chi connectivity index (χ1n) is 5.05. The third-order valence-corrected chi connectivity index (χ3v) is 2.91. The van der Waals surface area contributed by atoms with E-state index in [0.717, 1.165) is 12.3 Å². The SMILES string of the molecule is C=C(C)CC(NC)C1CCCC1. The molecule has 1 heteroatoms. The fourth-order valence-electron chi connectivity index (χ4n) is 2.24. The van der Waals surface area contributed by atoms with Crippen molar-refractivity contribution in [2.45, 2.75) is 45.1 Å². The molecule has 1 atom stereocenters. The lowest BCUT2D eigenvalue weighted by Crippen LogP contribution is -2.32. The number of rotatable bonds is 4. The molecule has 0 aromatic carbocycles. The van der Waals surface area contributed by atoms with Crippen molar-refractivity contribution in [1.29, 1.82) is 0 Å². The minimum absolute atomic E-state index is 0.685. The molecule has 0 aliphatic heterocycles. The molecule has 1 fully saturated rings. The Labute approximate surface area is 76.2 Å². The second-order valence-electron chi connectivity index (χ2n) is 4.10. The van der Waals surface area contributed by atoms with Gasteiger partial charge in [0, 0.05) is 6.04 Å². The van der Waals surface area contributed by atoms with Crippen molar-refractivity contribution in [3.8, 4) is 0 Å². The number of nitrogens with one attached hydrogen (secondary N) is 1. The summed E-state index contributed by atoms with van der Waals surface area (Å²) in [6.07, 6.45) is 6.84. The third kappa shape index (κ3) is 2.63. The normalized spacial score (nSPS) is 21.2. The van der Waals surface area contributed by atoms with Crippen LogP contribution >= 0.6 is 0 Å². The Morgan fingerprint density at radius 2 is 2.08 bits per heavy atom. The van der Waals surface area contributed by atoms with Crippen LogP contribution in [0.3, 0.4) is 0 Å². The highest BCUT2D eigenvalue weighted by Crippen LogP contribution is 2.29. The van der Waals surface area contributed by atoms with E-state index in [1.54, 1.807) is 0 Å². The zero-order valence-electron chi connectivity index (χ0n) is 8.40. The van der Waals surface area contributed by atoms with Crippen LogP contribution in [0.15, 0.2) is 12.2 Å². The van der Waals surface area contributed by atoms with Crippen LogP contribution in [0.5, 0.6) is 0 Å². The summed E-state index contributed by atoms with van der Waals surface area (Å²) in [6.45, 7) is 6.10. The summed E-state index contributed by atoms with van der Waals surface area (Å²) in [5, 5.41) is 3.41. The summed E-state index contributed by atoms with van der Waals surface area (Å²) in [5.41, 5.74) is 1.31. The maximum absolute atomic E-state index is 3.97. The molecule has 1 N–H and O–H groups in total. The fraction of sp³-hybridized carbons (Fsp3) is 0.818. The number of hydrogen-bond donors (Lipinski definition) is 1. The van der Waals surface area contributed by atoms with Gasteiger partial charge in [-0.25, -0.2) is 0 Å². The molecule has 1 saturated carbocycles. The molecule has 0 radical (unpaired) electrons. The molecule has 0 bridgehead atoms. The summed E-state index contributed by atoms with van der Waals surface area (Å²) in [5.74, 6) is 0.909. The van der Waals surface area contributed by atoms with Crippen LogP contribution in [0.2, 0.25) is 0 Å². The molecule has 0 aromatic rings. The fourth-order valence-corrected chi connectivity index (χ4v) is 2.24. The van der Waals surface area contributed by atoms with Crippen molar-refractivity contribution in [2.75, 3.05) is 7.05 Å². The van der Waals surface area contributed by atoms with Crippen molar-refractivity contribution in [3.05, 3.63) is 12.2 Å². The summed E-state index contributed by atoms with van der Waals surface area (Å²) in [4.78, 5) is 0. The standard InChI is InChI=1S/C11H21N/c1-9(2)8-11(12-3)10-6-4-5-7-10/h10-12H,1,4-8H2,2-3H3. The van der Waals surface area contributed by atoms with Crippen molar-refractivity contribution < 1.29 is 0 Å². The van der Waals surface area contributed by atoms with E-state index in [2.05, 4.69) is 25.9 Å². The number of hydrogen-bond acceptors (Lipinski definition) is 1. The van der Waals surface area contributed by atoms with Gasteiger partial charge in [0.2, 0.25) is 0 Å². The molecule has 1 aliphatic rings. The molecule has 1 nitrogen and oxygen atoms in total. The smallest absolute Gasteiger partial charge is 0.0129 e. The van der Waals surface area contributed by atoms with Gasteiger partial charge in [0.25, 0.3) is 0 Å². The maximum Gasteiger partial charge on any atom is 0.0129 e. The predicted molar refractivity (Wildman–Crippen MR) is 54.2 cm³/mol. The van der Waals surface area contributed by atoms with Gasteiger partial charge >= 0.3 is 0 Å². The molecular formula is C11H21N. The van der Waals surface area contributed by atoms with Gasteiger partial charge in [0.05, 0.1) is 0 Å². The van der Waals surface area contributed by atoms with Crippen LogP contribution < -0.4 is 5.32 Å². The van der Waals surface area contributed by atoms with Crippen LogP contribution in [0.25, 0.3) is 0 Å². The van der Waals surface area contributed by atoms with Gasteiger partial charge in [-0.1, -0.05) is 18.4 Å². The first-order valence-corrected chi connectivity index (χ1v) is 5.05. The van der Waals surface area contributed by atoms with E-state index in [0.29, 0.717) is 6.04 Å². The zero-order chi connectivity index (χ0) is 8.97. The summed E-state index contributed by atoms with van der Waals surface area (Å²) in [7, 11) is 2.08. The Kier molecular flexibility index (Phi) is 3.80. The van der Waals surface area contributed by atoms with E-state index in [1.807, 2.05) is 0 Å². The summed E-state index contributed by atoms with van der Waals surface area (Å²) >= 11 is 0. The van der Waals surface area contributed by atoms with Crippen LogP contribution in [0, 0.1) is 5.92 Å². The van der Waals surface area contributed by atoms with Crippen LogP contribution in [-0.4, -0.2) is 13.1 Å². The molecule has 0 heterocycles. The zero-order valence-corrected chi connectivity index (χ0v) is 8.40. The lowest BCUT2D eigenvalue weighted by molar-refractivity contribution is 0.377. The van der Waals surface area contributed by atoms with E-state index >= 15 is 0 Å². The first kappa shape index (κ1) is 9.79. The Balaban J connectivity index is 2.37. The van der Waals surface area contributed by atoms with Gasteiger partial charge in [0.15, 0.2) is 0 Å². The van der Waals surface area contributed by atoms with Gasteiger partial charge in [-0.15, -0.1) is 6.58 Å². The highest BCUT2D eigenvalue weighted by molar-refractivity contribution is 4.95. The lowest BCUT2D eigenvalue weighted by Gasteiger charge is -2.22. The minimum atomic E-state index is 0.685. The van der Waals surface area contributed by atoms with E-state index in [9.17, 15) is 0 Å². The van der Waals surface area contributed by atoms with Crippen LogP contribution in [-0.2, 0) is 0 Å². The molecule has 1 unspecified atom stereocenters. The quantitative estimate of drug-likeness (QED) is 0.635. The second kappa shape index (κ2) is 4.66. The Morgan fingerprint density at radius 3 is 2.50 bits per heavy atom. The van der Waals surface area contributed by atoms with Gasteiger partial charge in [-0.2, -0.15) is 0 Å². The average molecular weight is 167 g/mol. The second-order valence-corrected chi connectivity index (χ2v) is 4.10. The monoisotopic (exact) mass is 167 g/mol. The van der Waals surface area contributed by atoms with Gasteiger partial charge in [0.1, 0.15) is 0 Å². The Morgan fingerprint density at radius 1 is 1.50 bits per heavy atom. The molecule has 0 saturated heterocycles. The van der Waals surface area contributed by atoms with E-state index in [1.165, 1.54) is 31.3 Å². The maximum atomic E-state index is 3.97.